The molecule has 0 amide bonds. The van der Waals surface area contributed by atoms with E-state index in [4.69, 9.17) is 0 Å². The van der Waals surface area contributed by atoms with E-state index in [9.17, 15) is 0 Å². The first kappa shape index (κ1) is 11.1. The van der Waals surface area contributed by atoms with E-state index >= 15 is 0 Å². The van der Waals surface area contributed by atoms with Crippen LogP contribution in [0.1, 0.15) is 27.7 Å². The molecule has 0 aromatic carbocycles. The van der Waals surface area contributed by atoms with E-state index in [2.05, 4.69) is 37.9 Å². The minimum absolute atomic E-state index is 0.491. The zero-order valence-corrected chi connectivity index (χ0v) is 9.49. The van der Waals surface area contributed by atoms with Gasteiger partial charge in [-0.15, -0.1) is 0 Å². The Kier molecular flexibility index (Phi) is 3.99. The van der Waals surface area contributed by atoms with Crippen LogP contribution >= 0.6 is 0 Å². The Hall–Kier alpha value is -0.985. The Morgan fingerprint density at radius 2 is 1.79 bits per heavy atom. The molecule has 0 saturated heterocycles. The summed E-state index contributed by atoms with van der Waals surface area (Å²) < 4.78 is 0. The summed E-state index contributed by atoms with van der Waals surface area (Å²) in [6.07, 6.45) is 1.82. The monoisotopic (exact) mass is 190 g/mol. The van der Waals surface area contributed by atoms with Gasteiger partial charge >= 0.3 is 0 Å². The summed E-state index contributed by atoms with van der Waals surface area (Å²) in [6.45, 7) is 9.44. The van der Waals surface area contributed by atoms with Crippen molar-refractivity contribution in [1.82, 2.24) is 4.98 Å². The highest BCUT2D eigenvalue weighted by molar-refractivity contribution is 6.65. The molecule has 3 heteroatoms. The van der Waals surface area contributed by atoms with Crippen molar-refractivity contribution in [2.24, 2.45) is 0 Å². The van der Waals surface area contributed by atoms with Gasteiger partial charge in [0.25, 0.3) is 6.85 Å². The molecule has 0 spiro atoms. The van der Waals surface area contributed by atoms with Crippen molar-refractivity contribution < 1.29 is 0 Å². The van der Waals surface area contributed by atoms with E-state index in [1.54, 1.807) is 0 Å². The Bertz CT molecular complexity index is 251. The van der Waals surface area contributed by atoms with Gasteiger partial charge in [0, 0.05) is 6.20 Å². The lowest BCUT2D eigenvalue weighted by atomic mass is 9.45. The number of hydrogen-bond donors (Lipinski definition) is 1. The third kappa shape index (κ3) is 3.06. The lowest BCUT2D eigenvalue weighted by Gasteiger charge is -2.22. The van der Waals surface area contributed by atoms with Crippen LogP contribution in [-0.2, 0) is 0 Å². The average Bonchev–Trinajstić information content (AvgIpc) is 2.15. The van der Waals surface area contributed by atoms with Crippen LogP contribution < -0.4 is 5.23 Å². The molecule has 0 aliphatic rings. The maximum Gasteiger partial charge on any atom is 0.258 e. The average molecular weight is 190 g/mol. The van der Waals surface area contributed by atoms with Gasteiger partial charge < -0.3 is 5.23 Å². The molecule has 0 radical (unpaired) electrons. The summed E-state index contributed by atoms with van der Waals surface area (Å²) in [7, 11) is 0. The summed E-state index contributed by atoms with van der Waals surface area (Å²) in [6, 6.07) is 5.95. The molecule has 0 atom stereocenters. The molecule has 0 aliphatic heterocycles. The predicted octanol–water partition coefficient (Wildman–Crippen LogP) is 3.31. The van der Waals surface area contributed by atoms with Gasteiger partial charge in [0.05, 0.1) is 0 Å². The molecule has 1 rings (SSSR count). The molecule has 0 saturated carbocycles. The van der Waals surface area contributed by atoms with Crippen molar-refractivity contribution >= 4 is 12.7 Å². The highest BCUT2D eigenvalue weighted by Gasteiger charge is 2.22. The fourth-order valence-electron chi connectivity index (χ4n) is 1.72. The highest BCUT2D eigenvalue weighted by atomic mass is 14.9. The topological polar surface area (TPSA) is 24.9 Å². The number of anilines is 1. The zero-order chi connectivity index (χ0) is 10.6. The number of rotatable bonds is 4. The predicted molar refractivity (Wildman–Crippen MR) is 63.8 cm³/mol. The van der Waals surface area contributed by atoms with Gasteiger partial charge in [-0.2, -0.15) is 0 Å². The van der Waals surface area contributed by atoms with Gasteiger partial charge in [0.15, 0.2) is 0 Å². The molecular formula is C11H19BN2. The lowest BCUT2D eigenvalue weighted by Crippen LogP contribution is -2.31. The second-order valence-corrected chi connectivity index (χ2v) is 4.37. The molecule has 14 heavy (non-hydrogen) atoms. The van der Waals surface area contributed by atoms with Gasteiger partial charge in [0.1, 0.15) is 5.82 Å². The normalized spacial score (nSPS) is 10.7. The Labute approximate surface area is 87.2 Å². The number of hydrogen-bond acceptors (Lipinski definition) is 2. The lowest BCUT2D eigenvalue weighted by molar-refractivity contribution is 0.938. The number of pyridine rings is 1. The summed E-state index contributed by atoms with van der Waals surface area (Å²) in [5.74, 6) is 2.22. The second kappa shape index (κ2) is 5.04. The van der Waals surface area contributed by atoms with E-state index in [1.807, 2.05) is 24.4 Å². The van der Waals surface area contributed by atoms with Crippen molar-refractivity contribution in [3.63, 3.8) is 0 Å². The fraction of sp³-hybridized carbons (Fsp3) is 0.545. The van der Waals surface area contributed by atoms with E-state index in [1.165, 1.54) is 0 Å². The van der Waals surface area contributed by atoms with Crippen molar-refractivity contribution in [2.75, 3.05) is 5.23 Å². The van der Waals surface area contributed by atoms with Crippen LogP contribution in [0.4, 0.5) is 5.82 Å². The van der Waals surface area contributed by atoms with E-state index in [0.29, 0.717) is 18.5 Å². The molecule has 1 aromatic heterocycles. The fourth-order valence-corrected chi connectivity index (χ4v) is 1.72. The van der Waals surface area contributed by atoms with Crippen LogP contribution in [0, 0.1) is 0 Å². The van der Waals surface area contributed by atoms with Crippen molar-refractivity contribution in [2.45, 2.75) is 39.3 Å². The van der Waals surface area contributed by atoms with E-state index in [-0.39, 0.29) is 0 Å². The Balaban J connectivity index is 2.65. The summed E-state index contributed by atoms with van der Waals surface area (Å²) in [5, 5.41) is 3.47. The van der Waals surface area contributed by atoms with Crippen molar-refractivity contribution in [3.05, 3.63) is 24.4 Å². The van der Waals surface area contributed by atoms with Crippen LogP contribution in [0.3, 0.4) is 0 Å². The number of aromatic nitrogens is 1. The van der Waals surface area contributed by atoms with Gasteiger partial charge in [-0.1, -0.05) is 33.8 Å². The van der Waals surface area contributed by atoms with Gasteiger partial charge in [-0.25, -0.2) is 4.98 Å². The molecule has 0 fully saturated rings. The first-order valence-electron chi connectivity index (χ1n) is 5.29. The summed E-state index contributed by atoms with van der Waals surface area (Å²) in [5.41, 5.74) is 0. The maximum atomic E-state index is 4.27. The third-order valence-corrected chi connectivity index (χ3v) is 2.42. The van der Waals surface area contributed by atoms with Gasteiger partial charge in [-0.05, 0) is 23.8 Å². The molecule has 0 aliphatic carbocycles. The largest absolute Gasteiger partial charge is 0.412 e. The minimum Gasteiger partial charge on any atom is -0.412 e. The summed E-state index contributed by atoms with van der Waals surface area (Å²) in [4.78, 5) is 4.27. The Morgan fingerprint density at radius 3 is 2.21 bits per heavy atom. The van der Waals surface area contributed by atoms with E-state index < -0.39 is 0 Å². The Morgan fingerprint density at radius 1 is 1.14 bits per heavy atom. The van der Waals surface area contributed by atoms with Gasteiger partial charge in [0.2, 0.25) is 0 Å². The minimum atomic E-state index is 0.491. The molecule has 2 nitrogen and oxygen atoms in total. The van der Waals surface area contributed by atoms with Gasteiger partial charge in [-0.3, -0.25) is 0 Å². The van der Waals surface area contributed by atoms with Crippen LogP contribution in [0.2, 0.25) is 11.6 Å². The summed E-state index contributed by atoms with van der Waals surface area (Å²) >= 11 is 0. The molecule has 0 unspecified atom stereocenters. The van der Waals surface area contributed by atoms with Crippen LogP contribution in [0.25, 0.3) is 0 Å². The quantitative estimate of drug-likeness (QED) is 0.736. The highest BCUT2D eigenvalue weighted by Crippen LogP contribution is 2.20. The van der Waals surface area contributed by atoms with Crippen LogP contribution in [0.15, 0.2) is 24.4 Å². The van der Waals surface area contributed by atoms with E-state index in [0.717, 1.165) is 5.82 Å². The number of nitrogens with one attached hydrogen (secondary N) is 1. The van der Waals surface area contributed by atoms with Crippen molar-refractivity contribution in [1.29, 1.82) is 0 Å². The zero-order valence-electron chi connectivity index (χ0n) is 9.49. The van der Waals surface area contributed by atoms with Crippen molar-refractivity contribution in [3.8, 4) is 0 Å². The van der Waals surface area contributed by atoms with Crippen LogP contribution in [0.5, 0.6) is 0 Å². The maximum absolute atomic E-state index is 4.27. The molecule has 0 bridgehead atoms. The molecule has 1 heterocycles. The van der Waals surface area contributed by atoms with Crippen LogP contribution in [-0.4, -0.2) is 11.8 Å². The molecular weight excluding hydrogens is 171 g/mol. The molecule has 1 N–H and O–H groups in total. The molecule has 76 valence electrons. The molecule has 1 aromatic rings. The SMILES string of the molecule is CC(C)B(Nc1ccccn1)C(C)C. The number of nitrogens with zero attached hydrogens (tertiary/aromatic N) is 1. The first-order chi connectivity index (χ1) is 6.61. The second-order valence-electron chi connectivity index (χ2n) is 4.37. The third-order valence-electron chi connectivity index (χ3n) is 2.42. The standard InChI is InChI=1S/C11H19BN2/c1-9(2)12(10(3)4)14-11-7-5-6-8-13-11/h5-10H,1-4H3,(H,13,14). The smallest absolute Gasteiger partial charge is 0.258 e. The first-order valence-corrected chi connectivity index (χ1v) is 5.29.